The summed E-state index contributed by atoms with van der Waals surface area (Å²) in [4.78, 5) is 11.7. The zero-order chi connectivity index (χ0) is 14.5. The third-order valence-electron chi connectivity index (χ3n) is 2.91. The molecule has 1 unspecified atom stereocenters. The molecule has 0 radical (unpaired) electrons. The Morgan fingerprint density at radius 3 is 2.28 bits per heavy atom. The molecular weight excluding hydrogens is 224 g/mol. The second kappa shape index (κ2) is 6.75. The van der Waals surface area contributed by atoms with Crippen LogP contribution in [0.1, 0.15) is 54.9 Å². The lowest BCUT2D eigenvalue weighted by Crippen LogP contribution is -2.35. The fourth-order valence-electron chi connectivity index (χ4n) is 2.04. The molecule has 2 heteroatoms. The van der Waals surface area contributed by atoms with Crippen LogP contribution in [0.25, 0.3) is 0 Å². The average Bonchev–Trinajstić information content (AvgIpc) is 2.27. The third-order valence-corrected chi connectivity index (χ3v) is 2.91. The number of hydrogen-bond donors (Lipinski definition) is 1. The summed E-state index contributed by atoms with van der Waals surface area (Å²) in [6.45, 7) is 13.9. The molecule has 0 bridgehead atoms. The Labute approximate surface area is 111 Å². The van der Waals surface area contributed by atoms with Gasteiger partial charge in [0.05, 0.1) is 0 Å². The van der Waals surface area contributed by atoms with Gasteiger partial charge in [-0.15, -0.1) is 0 Å². The highest BCUT2D eigenvalue weighted by molar-refractivity contribution is 6.00. The Morgan fingerprint density at radius 2 is 1.83 bits per heavy atom. The summed E-state index contributed by atoms with van der Waals surface area (Å²) in [6.07, 6.45) is -0.398. The maximum absolute atomic E-state index is 11.7. The lowest BCUT2D eigenvalue weighted by atomic mass is 9.71. The molecule has 0 fully saturated rings. The number of aliphatic hydroxyl groups excluding tert-OH is 1. The number of ketones is 1. The van der Waals surface area contributed by atoms with Crippen molar-refractivity contribution >= 4 is 5.78 Å². The highest BCUT2D eigenvalue weighted by atomic mass is 16.3. The molecule has 0 spiro atoms. The van der Waals surface area contributed by atoms with Crippen molar-refractivity contribution in [2.24, 2.45) is 11.3 Å². The molecule has 0 aromatic rings. The van der Waals surface area contributed by atoms with Crippen LogP contribution in [0.3, 0.4) is 0 Å². The molecule has 102 valence electrons. The number of carbonyl (C=O) groups is 1. The molecule has 1 N–H and O–H groups in total. The smallest absolute Gasteiger partial charge is 0.187 e. The summed E-state index contributed by atoms with van der Waals surface area (Å²) in [5.41, 5.74) is 1.30. The minimum absolute atomic E-state index is 0.174. The van der Waals surface area contributed by atoms with Crippen LogP contribution in [0.5, 0.6) is 0 Å². The lowest BCUT2D eigenvalue weighted by molar-refractivity contribution is -0.125. The van der Waals surface area contributed by atoms with Crippen LogP contribution < -0.4 is 0 Å². The number of allylic oxidation sites excluding steroid dienone is 1. The summed E-state index contributed by atoms with van der Waals surface area (Å²) < 4.78 is 0. The summed E-state index contributed by atoms with van der Waals surface area (Å²) in [6, 6.07) is 0. The highest BCUT2D eigenvalue weighted by Crippen LogP contribution is 2.38. The molecule has 0 aromatic carbocycles. The van der Waals surface area contributed by atoms with E-state index in [-0.39, 0.29) is 17.1 Å². The van der Waals surface area contributed by atoms with Crippen LogP contribution in [0.2, 0.25) is 0 Å². The van der Waals surface area contributed by atoms with E-state index in [1.165, 1.54) is 0 Å². The zero-order valence-corrected chi connectivity index (χ0v) is 12.7. The average molecular weight is 250 g/mol. The molecule has 18 heavy (non-hydrogen) atoms. The van der Waals surface area contributed by atoms with Gasteiger partial charge in [-0.25, -0.2) is 0 Å². The Bertz CT molecular complexity index is 389. The number of Topliss-reactive ketones (excluding diaryl/α,β-unsaturated/α-hetero) is 1. The largest absolute Gasteiger partial charge is 0.385 e. The Hall–Kier alpha value is -1.07. The number of carbonyl (C=O) groups excluding carboxylic acids is 1. The van der Waals surface area contributed by atoms with Gasteiger partial charge in [-0.2, -0.15) is 0 Å². The monoisotopic (exact) mass is 250 g/mol. The van der Waals surface area contributed by atoms with Crippen molar-refractivity contribution in [2.75, 3.05) is 0 Å². The Balaban J connectivity index is 0.00000137. The maximum atomic E-state index is 11.7. The predicted molar refractivity (Wildman–Crippen MR) is 76.1 cm³/mol. The van der Waals surface area contributed by atoms with Crippen molar-refractivity contribution < 1.29 is 9.90 Å². The minimum Gasteiger partial charge on any atom is -0.385 e. The molecule has 1 aliphatic carbocycles. The van der Waals surface area contributed by atoms with Crippen LogP contribution >= 0.6 is 0 Å². The Morgan fingerprint density at radius 1 is 1.33 bits per heavy atom. The van der Waals surface area contributed by atoms with Gasteiger partial charge in [-0.1, -0.05) is 53.4 Å². The van der Waals surface area contributed by atoms with Gasteiger partial charge in [0.15, 0.2) is 5.78 Å². The van der Waals surface area contributed by atoms with E-state index < -0.39 is 6.10 Å². The predicted octanol–water partition coefficient (Wildman–Crippen LogP) is 3.35. The SMILES string of the molecule is CC.CC1=C(C#CC(C)C)C(C)(C)CC(O)C1=O. The van der Waals surface area contributed by atoms with E-state index in [2.05, 4.69) is 11.8 Å². The molecule has 0 amide bonds. The summed E-state index contributed by atoms with van der Waals surface area (Å²) >= 11 is 0. The fourth-order valence-corrected chi connectivity index (χ4v) is 2.04. The quantitative estimate of drug-likeness (QED) is 0.669. The molecule has 2 nitrogen and oxygen atoms in total. The Kier molecular flexibility index (Phi) is 6.35. The van der Waals surface area contributed by atoms with Crippen LogP contribution in [-0.2, 0) is 4.79 Å². The molecule has 1 rings (SSSR count). The van der Waals surface area contributed by atoms with Gasteiger partial charge in [-0.05, 0) is 13.3 Å². The van der Waals surface area contributed by atoms with Gasteiger partial charge >= 0.3 is 0 Å². The molecule has 0 heterocycles. The summed E-state index contributed by atoms with van der Waals surface area (Å²) in [7, 11) is 0. The van der Waals surface area contributed by atoms with E-state index in [4.69, 9.17) is 0 Å². The van der Waals surface area contributed by atoms with E-state index in [9.17, 15) is 9.90 Å². The van der Waals surface area contributed by atoms with Crippen molar-refractivity contribution in [1.29, 1.82) is 0 Å². The first-order valence-electron chi connectivity index (χ1n) is 6.71. The van der Waals surface area contributed by atoms with E-state index in [1.54, 1.807) is 6.92 Å². The normalized spacial score (nSPS) is 22.1. The van der Waals surface area contributed by atoms with Crippen molar-refractivity contribution in [3.63, 3.8) is 0 Å². The standard InChI is InChI=1S/C14H20O2.C2H6/c1-9(2)6-7-11-10(3)13(16)12(15)8-14(11,4)5;1-2/h9,12,15H,8H2,1-5H3;1-2H3. The van der Waals surface area contributed by atoms with Crippen LogP contribution in [0.15, 0.2) is 11.1 Å². The first-order valence-corrected chi connectivity index (χ1v) is 6.71. The molecular formula is C16H26O2. The number of hydrogen-bond acceptors (Lipinski definition) is 2. The molecule has 0 aromatic heterocycles. The second-order valence-corrected chi connectivity index (χ2v) is 5.39. The van der Waals surface area contributed by atoms with Crippen LogP contribution in [0, 0.1) is 23.2 Å². The maximum Gasteiger partial charge on any atom is 0.187 e. The second-order valence-electron chi connectivity index (χ2n) is 5.39. The topological polar surface area (TPSA) is 37.3 Å². The van der Waals surface area contributed by atoms with Gasteiger partial charge in [-0.3, -0.25) is 4.79 Å². The number of rotatable bonds is 0. The van der Waals surface area contributed by atoms with Gasteiger partial charge < -0.3 is 5.11 Å². The van der Waals surface area contributed by atoms with Gasteiger partial charge in [0.2, 0.25) is 0 Å². The van der Waals surface area contributed by atoms with Gasteiger partial charge in [0.25, 0.3) is 0 Å². The van der Waals surface area contributed by atoms with Crippen molar-refractivity contribution in [3.8, 4) is 11.8 Å². The van der Waals surface area contributed by atoms with E-state index in [0.717, 1.165) is 5.57 Å². The van der Waals surface area contributed by atoms with Gasteiger partial charge in [0, 0.05) is 22.5 Å². The third kappa shape index (κ3) is 3.99. The first kappa shape index (κ1) is 16.9. The molecule has 0 saturated heterocycles. The number of aliphatic hydroxyl groups is 1. The van der Waals surface area contributed by atoms with E-state index >= 15 is 0 Å². The molecule has 0 aliphatic heterocycles. The van der Waals surface area contributed by atoms with Gasteiger partial charge in [0.1, 0.15) is 6.10 Å². The van der Waals surface area contributed by atoms with Crippen molar-refractivity contribution in [1.82, 2.24) is 0 Å². The molecule has 1 aliphatic rings. The fraction of sp³-hybridized carbons (Fsp3) is 0.688. The van der Waals surface area contributed by atoms with Crippen molar-refractivity contribution in [2.45, 2.75) is 61.0 Å². The molecule has 0 saturated carbocycles. The lowest BCUT2D eigenvalue weighted by Gasteiger charge is -2.33. The first-order chi connectivity index (χ1) is 8.25. The zero-order valence-electron chi connectivity index (χ0n) is 12.7. The van der Waals surface area contributed by atoms with Crippen LogP contribution in [-0.4, -0.2) is 17.0 Å². The van der Waals surface area contributed by atoms with E-state index in [1.807, 2.05) is 41.5 Å². The summed E-state index contributed by atoms with van der Waals surface area (Å²) in [5, 5.41) is 9.65. The van der Waals surface area contributed by atoms with Crippen LogP contribution in [0.4, 0.5) is 0 Å². The minimum atomic E-state index is -0.861. The highest BCUT2D eigenvalue weighted by Gasteiger charge is 2.37. The van der Waals surface area contributed by atoms with E-state index in [0.29, 0.717) is 12.0 Å². The van der Waals surface area contributed by atoms with Crippen molar-refractivity contribution in [3.05, 3.63) is 11.1 Å². The summed E-state index contributed by atoms with van der Waals surface area (Å²) in [5.74, 6) is 6.32. The molecule has 1 atom stereocenters.